The van der Waals surface area contributed by atoms with Crippen molar-refractivity contribution in [3.05, 3.63) is 0 Å². The van der Waals surface area contributed by atoms with Crippen molar-refractivity contribution < 1.29 is 9.50 Å². The Morgan fingerprint density at radius 3 is 2.20 bits per heavy atom. The molecule has 0 spiro atoms. The molecule has 1 saturated carbocycles. The second-order valence-corrected chi connectivity index (χ2v) is 3.14. The molecule has 0 aromatic heterocycles. The van der Waals surface area contributed by atoms with Crippen LogP contribution in [-0.2, 0) is 0 Å². The van der Waals surface area contributed by atoms with Crippen LogP contribution < -0.4 is 0 Å². The zero-order valence-electron chi connectivity index (χ0n) is 6.22. The average Bonchev–Trinajstić information content (AvgIpc) is 2.04. The van der Waals surface area contributed by atoms with E-state index in [1.54, 1.807) is 0 Å². The maximum atomic E-state index is 12.2. The van der Waals surface area contributed by atoms with Crippen LogP contribution in [0.15, 0.2) is 0 Å². The van der Waals surface area contributed by atoms with E-state index in [-0.39, 0.29) is 25.1 Å². The Kier molecular flexibility index (Phi) is 3.13. The standard InChI is InChI=1S/C8H15FO/c9-5-7-3-1-2-4-8(7)6-10/h7-8,10H,1-6H2. The van der Waals surface area contributed by atoms with E-state index in [1.807, 2.05) is 0 Å². The number of alkyl halides is 1. The Balaban J connectivity index is 2.34. The highest BCUT2D eigenvalue weighted by atomic mass is 19.1. The van der Waals surface area contributed by atoms with Gasteiger partial charge in [-0.2, -0.15) is 0 Å². The number of aliphatic hydroxyl groups is 1. The molecule has 1 aliphatic rings. The van der Waals surface area contributed by atoms with E-state index in [0.717, 1.165) is 19.3 Å². The first-order valence-corrected chi connectivity index (χ1v) is 4.05. The molecule has 1 rings (SSSR count). The van der Waals surface area contributed by atoms with Gasteiger partial charge >= 0.3 is 0 Å². The average molecular weight is 146 g/mol. The topological polar surface area (TPSA) is 20.2 Å². The minimum atomic E-state index is -0.245. The summed E-state index contributed by atoms with van der Waals surface area (Å²) in [5.41, 5.74) is 0. The first-order chi connectivity index (χ1) is 4.88. The Hall–Kier alpha value is -0.110. The molecule has 0 aliphatic heterocycles. The van der Waals surface area contributed by atoms with Gasteiger partial charge in [-0.25, -0.2) is 0 Å². The van der Waals surface area contributed by atoms with Crippen molar-refractivity contribution in [1.29, 1.82) is 0 Å². The number of aliphatic hydroxyl groups excluding tert-OH is 1. The summed E-state index contributed by atoms with van der Waals surface area (Å²) in [7, 11) is 0. The fourth-order valence-electron chi connectivity index (χ4n) is 1.73. The van der Waals surface area contributed by atoms with E-state index in [2.05, 4.69) is 0 Å². The first-order valence-electron chi connectivity index (χ1n) is 4.05. The van der Waals surface area contributed by atoms with Gasteiger partial charge in [0.2, 0.25) is 0 Å². The van der Waals surface area contributed by atoms with Crippen molar-refractivity contribution in [2.45, 2.75) is 25.7 Å². The largest absolute Gasteiger partial charge is 0.396 e. The molecule has 0 aromatic carbocycles. The van der Waals surface area contributed by atoms with Gasteiger partial charge < -0.3 is 5.11 Å². The van der Waals surface area contributed by atoms with Gasteiger partial charge in [0.05, 0.1) is 6.67 Å². The zero-order chi connectivity index (χ0) is 7.40. The van der Waals surface area contributed by atoms with Gasteiger partial charge in [0.25, 0.3) is 0 Å². The summed E-state index contributed by atoms with van der Waals surface area (Å²) in [5, 5.41) is 8.83. The van der Waals surface area contributed by atoms with E-state index in [1.165, 1.54) is 6.42 Å². The van der Waals surface area contributed by atoms with Gasteiger partial charge in [-0.3, -0.25) is 4.39 Å². The summed E-state index contributed by atoms with van der Waals surface area (Å²) in [4.78, 5) is 0. The molecular weight excluding hydrogens is 131 g/mol. The summed E-state index contributed by atoms with van der Waals surface area (Å²) in [5.74, 6) is 0.400. The fraction of sp³-hybridized carbons (Fsp3) is 1.00. The molecule has 60 valence electrons. The summed E-state index contributed by atoms with van der Waals surface area (Å²) in [6.45, 7) is -0.0696. The molecule has 2 heteroatoms. The minimum Gasteiger partial charge on any atom is -0.396 e. The molecule has 0 bridgehead atoms. The molecule has 0 amide bonds. The summed E-state index contributed by atoms with van der Waals surface area (Å²) in [6.07, 6.45) is 4.31. The van der Waals surface area contributed by atoms with Crippen molar-refractivity contribution in [3.63, 3.8) is 0 Å². The maximum absolute atomic E-state index is 12.2. The second-order valence-electron chi connectivity index (χ2n) is 3.14. The smallest absolute Gasteiger partial charge is 0.0926 e. The highest BCUT2D eigenvalue weighted by Gasteiger charge is 2.23. The van der Waals surface area contributed by atoms with Gasteiger partial charge in [0, 0.05) is 6.61 Å². The van der Waals surface area contributed by atoms with Crippen LogP contribution in [0.25, 0.3) is 0 Å². The lowest BCUT2D eigenvalue weighted by Crippen LogP contribution is -2.23. The van der Waals surface area contributed by atoms with Crippen LogP contribution in [0.5, 0.6) is 0 Å². The van der Waals surface area contributed by atoms with Gasteiger partial charge in [-0.05, 0) is 24.7 Å². The lowest BCUT2D eigenvalue weighted by molar-refractivity contribution is 0.116. The van der Waals surface area contributed by atoms with Gasteiger partial charge in [0.15, 0.2) is 0 Å². The Morgan fingerprint density at radius 1 is 1.20 bits per heavy atom. The summed E-state index contributed by atoms with van der Waals surface area (Å²) < 4.78 is 12.2. The zero-order valence-corrected chi connectivity index (χ0v) is 6.22. The van der Waals surface area contributed by atoms with Crippen LogP contribution in [0.1, 0.15) is 25.7 Å². The molecular formula is C8H15FO. The maximum Gasteiger partial charge on any atom is 0.0926 e. The molecule has 2 atom stereocenters. The Morgan fingerprint density at radius 2 is 1.80 bits per heavy atom. The van der Waals surface area contributed by atoms with E-state index < -0.39 is 0 Å². The number of halogens is 1. The van der Waals surface area contributed by atoms with Crippen LogP contribution >= 0.6 is 0 Å². The normalized spacial score (nSPS) is 34.2. The SMILES string of the molecule is OCC1CCCCC1CF. The number of hydrogen-bond donors (Lipinski definition) is 1. The minimum absolute atomic E-state index is 0.152. The molecule has 1 nitrogen and oxygen atoms in total. The van der Waals surface area contributed by atoms with Crippen LogP contribution in [-0.4, -0.2) is 18.4 Å². The van der Waals surface area contributed by atoms with Gasteiger partial charge in [-0.1, -0.05) is 12.8 Å². The Bertz CT molecular complexity index is 83.3. The lowest BCUT2D eigenvalue weighted by Gasteiger charge is -2.27. The molecule has 2 unspecified atom stereocenters. The summed E-state index contributed by atoms with van der Waals surface area (Å²) in [6, 6.07) is 0. The van der Waals surface area contributed by atoms with Crippen LogP contribution in [0.2, 0.25) is 0 Å². The third kappa shape index (κ3) is 1.69. The Labute approximate surface area is 61.2 Å². The monoisotopic (exact) mass is 146 g/mol. The van der Waals surface area contributed by atoms with Gasteiger partial charge in [-0.15, -0.1) is 0 Å². The van der Waals surface area contributed by atoms with Crippen molar-refractivity contribution in [2.24, 2.45) is 11.8 Å². The predicted octanol–water partition coefficient (Wildman–Crippen LogP) is 1.75. The molecule has 1 aliphatic carbocycles. The van der Waals surface area contributed by atoms with Crippen LogP contribution in [0, 0.1) is 11.8 Å². The third-order valence-electron chi connectivity index (χ3n) is 2.50. The van der Waals surface area contributed by atoms with E-state index in [9.17, 15) is 4.39 Å². The number of rotatable bonds is 2. The second kappa shape index (κ2) is 3.91. The molecule has 0 aromatic rings. The van der Waals surface area contributed by atoms with Crippen molar-refractivity contribution >= 4 is 0 Å². The van der Waals surface area contributed by atoms with Crippen molar-refractivity contribution in [2.75, 3.05) is 13.3 Å². The number of hydrogen-bond acceptors (Lipinski definition) is 1. The predicted molar refractivity (Wildman–Crippen MR) is 38.5 cm³/mol. The molecule has 1 fully saturated rings. The highest BCUT2D eigenvalue weighted by molar-refractivity contribution is 4.73. The first kappa shape index (κ1) is 7.99. The molecule has 0 heterocycles. The van der Waals surface area contributed by atoms with E-state index in [0.29, 0.717) is 0 Å². The third-order valence-corrected chi connectivity index (χ3v) is 2.50. The fourth-order valence-corrected chi connectivity index (χ4v) is 1.73. The molecule has 0 radical (unpaired) electrons. The van der Waals surface area contributed by atoms with Gasteiger partial charge in [0.1, 0.15) is 0 Å². The van der Waals surface area contributed by atoms with Crippen LogP contribution in [0.4, 0.5) is 4.39 Å². The van der Waals surface area contributed by atoms with Crippen molar-refractivity contribution in [1.82, 2.24) is 0 Å². The summed E-state index contributed by atoms with van der Waals surface area (Å²) >= 11 is 0. The molecule has 0 saturated heterocycles. The van der Waals surface area contributed by atoms with Crippen molar-refractivity contribution in [3.8, 4) is 0 Å². The quantitative estimate of drug-likeness (QED) is 0.629. The van der Waals surface area contributed by atoms with E-state index >= 15 is 0 Å². The van der Waals surface area contributed by atoms with E-state index in [4.69, 9.17) is 5.11 Å². The molecule has 1 N–H and O–H groups in total. The lowest BCUT2D eigenvalue weighted by atomic mass is 9.80. The highest BCUT2D eigenvalue weighted by Crippen LogP contribution is 2.29. The molecule has 10 heavy (non-hydrogen) atoms. The van der Waals surface area contributed by atoms with Crippen LogP contribution in [0.3, 0.4) is 0 Å².